The molecule has 2 rings (SSSR count). The van der Waals surface area contributed by atoms with Gasteiger partial charge in [-0.1, -0.05) is 43.7 Å². The van der Waals surface area contributed by atoms with Gasteiger partial charge in [0.1, 0.15) is 5.75 Å². The van der Waals surface area contributed by atoms with E-state index in [-0.39, 0.29) is 11.9 Å². The van der Waals surface area contributed by atoms with Gasteiger partial charge in [0.2, 0.25) is 0 Å². The first-order chi connectivity index (χ1) is 13.1. The van der Waals surface area contributed by atoms with Gasteiger partial charge in [-0.25, -0.2) is 4.79 Å². The summed E-state index contributed by atoms with van der Waals surface area (Å²) < 4.78 is 10.7. The second-order valence-corrected chi connectivity index (χ2v) is 6.30. The number of carbonyl (C=O) groups is 2. The molecule has 2 aromatic carbocycles. The lowest BCUT2D eigenvalue weighted by atomic mass is 10.1. The van der Waals surface area contributed by atoms with E-state index in [9.17, 15) is 9.59 Å². The Labute approximate surface area is 160 Å². The zero-order chi connectivity index (χ0) is 19.5. The van der Waals surface area contributed by atoms with Crippen molar-refractivity contribution in [3.63, 3.8) is 0 Å². The van der Waals surface area contributed by atoms with Crippen molar-refractivity contribution in [1.82, 2.24) is 5.32 Å². The summed E-state index contributed by atoms with van der Waals surface area (Å²) in [4.78, 5) is 24.0. The number of nitrogens with one attached hydrogen (secondary N) is 1. The molecule has 0 aliphatic heterocycles. The lowest BCUT2D eigenvalue weighted by Gasteiger charge is -2.14. The summed E-state index contributed by atoms with van der Waals surface area (Å²) in [7, 11) is 0. The molecule has 144 valence electrons. The highest BCUT2D eigenvalue weighted by molar-refractivity contribution is 5.94. The van der Waals surface area contributed by atoms with Gasteiger partial charge >= 0.3 is 5.97 Å². The fourth-order valence-corrected chi connectivity index (χ4v) is 2.44. The molecule has 5 nitrogen and oxygen atoms in total. The first-order valence-corrected chi connectivity index (χ1v) is 9.35. The van der Waals surface area contributed by atoms with E-state index in [1.807, 2.05) is 37.3 Å². The van der Waals surface area contributed by atoms with Crippen molar-refractivity contribution < 1.29 is 19.1 Å². The van der Waals surface area contributed by atoms with Crippen LogP contribution in [-0.2, 0) is 16.0 Å². The van der Waals surface area contributed by atoms with Gasteiger partial charge in [-0.2, -0.15) is 0 Å². The number of ether oxygens (including phenoxy) is 2. The monoisotopic (exact) mass is 369 g/mol. The van der Waals surface area contributed by atoms with Gasteiger partial charge in [0.15, 0.2) is 6.10 Å². The molecule has 1 unspecified atom stereocenters. The van der Waals surface area contributed by atoms with Crippen molar-refractivity contribution in [3.05, 3.63) is 65.7 Å². The number of benzene rings is 2. The molecule has 0 radical (unpaired) electrons. The van der Waals surface area contributed by atoms with Crippen molar-refractivity contribution in [1.29, 1.82) is 0 Å². The number of rotatable bonds is 10. The molecule has 5 heteroatoms. The zero-order valence-electron chi connectivity index (χ0n) is 15.9. The van der Waals surface area contributed by atoms with Crippen LogP contribution in [0.5, 0.6) is 5.75 Å². The third-order valence-corrected chi connectivity index (χ3v) is 4.05. The predicted octanol–water partition coefficient (Wildman–Crippen LogP) is 3.77. The predicted molar refractivity (Wildman–Crippen MR) is 105 cm³/mol. The Hall–Kier alpha value is -2.82. The second-order valence-electron chi connectivity index (χ2n) is 6.30. The average molecular weight is 369 g/mol. The van der Waals surface area contributed by atoms with E-state index in [4.69, 9.17) is 9.47 Å². The van der Waals surface area contributed by atoms with Crippen LogP contribution in [0.4, 0.5) is 0 Å². The Morgan fingerprint density at radius 2 is 1.74 bits per heavy atom. The summed E-state index contributed by atoms with van der Waals surface area (Å²) in [6.45, 7) is 4.67. The van der Waals surface area contributed by atoms with E-state index >= 15 is 0 Å². The number of hydrogen-bond acceptors (Lipinski definition) is 4. The van der Waals surface area contributed by atoms with Crippen LogP contribution in [0, 0.1) is 0 Å². The highest BCUT2D eigenvalue weighted by atomic mass is 16.6. The maximum absolute atomic E-state index is 12.2. The third-order valence-electron chi connectivity index (χ3n) is 4.05. The number of amides is 1. The summed E-state index contributed by atoms with van der Waals surface area (Å²) >= 11 is 0. The van der Waals surface area contributed by atoms with Crippen molar-refractivity contribution in [3.8, 4) is 5.75 Å². The normalized spacial score (nSPS) is 11.5. The molecule has 0 fully saturated rings. The van der Waals surface area contributed by atoms with Crippen molar-refractivity contribution in [2.45, 2.75) is 39.2 Å². The maximum atomic E-state index is 12.2. The molecule has 0 saturated carbocycles. The molecule has 0 spiro atoms. The number of esters is 1. The summed E-state index contributed by atoms with van der Waals surface area (Å²) in [6.07, 6.45) is 1.91. The van der Waals surface area contributed by atoms with Crippen molar-refractivity contribution >= 4 is 11.9 Å². The second kappa shape index (κ2) is 11.0. The highest BCUT2D eigenvalue weighted by Gasteiger charge is 2.16. The molecule has 0 bridgehead atoms. The molecule has 0 aliphatic rings. The van der Waals surface area contributed by atoms with Crippen molar-refractivity contribution in [2.24, 2.45) is 0 Å². The first kappa shape index (κ1) is 20.5. The summed E-state index contributed by atoms with van der Waals surface area (Å²) in [5, 5.41) is 2.90. The average Bonchev–Trinajstić information content (AvgIpc) is 2.69. The zero-order valence-corrected chi connectivity index (χ0v) is 15.9. The van der Waals surface area contributed by atoms with Gasteiger partial charge in [-0.15, -0.1) is 0 Å². The van der Waals surface area contributed by atoms with Gasteiger partial charge < -0.3 is 14.8 Å². The fourth-order valence-electron chi connectivity index (χ4n) is 2.44. The van der Waals surface area contributed by atoms with Crippen LogP contribution in [0.1, 0.15) is 42.6 Å². The smallest absolute Gasteiger partial charge is 0.347 e. The van der Waals surface area contributed by atoms with Crippen molar-refractivity contribution in [2.75, 3.05) is 13.2 Å². The standard InChI is InChI=1S/C22H27NO4/c1-3-4-16-26-22(25)17(2)27-20-12-10-19(11-13-20)21(24)23-15-14-18-8-6-5-7-9-18/h5-13,17H,3-4,14-16H2,1-2H3,(H,23,24). The van der Waals surface area contributed by atoms with E-state index in [1.54, 1.807) is 31.2 Å². The number of unbranched alkanes of at least 4 members (excludes halogenated alkanes) is 1. The van der Waals surface area contributed by atoms with Gasteiger partial charge in [0.05, 0.1) is 6.61 Å². The Morgan fingerprint density at radius 3 is 2.41 bits per heavy atom. The molecule has 0 aliphatic carbocycles. The lowest BCUT2D eigenvalue weighted by Crippen LogP contribution is -2.27. The lowest BCUT2D eigenvalue weighted by molar-refractivity contribution is -0.151. The molecule has 0 heterocycles. The Morgan fingerprint density at radius 1 is 1.04 bits per heavy atom. The van der Waals surface area contributed by atoms with E-state index in [0.717, 1.165) is 19.3 Å². The topological polar surface area (TPSA) is 64.6 Å². The third kappa shape index (κ3) is 7.13. The molecule has 1 N–H and O–H groups in total. The Balaban J connectivity index is 1.78. The quantitative estimate of drug-likeness (QED) is 0.511. The number of carbonyl (C=O) groups excluding carboxylic acids is 2. The largest absolute Gasteiger partial charge is 0.479 e. The summed E-state index contributed by atoms with van der Waals surface area (Å²) in [6, 6.07) is 16.7. The minimum Gasteiger partial charge on any atom is -0.479 e. The fraction of sp³-hybridized carbons (Fsp3) is 0.364. The minimum atomic E-state index is -0.688. The van der Waals surface area contributed by atoms with Crippen LogP contribution in [0.3, 0.4) is 0 Å². The molecule has 1 atom stereocenters. The van der Waals surface area contributed by atoms with E-state index in [2.05, 4.69) is 5.32 Å². The van der Waals surface area contributed by atoms with Gasteiger partial charge in [-0.3, -0.25) is 4.79 Å². The molecule has 0 aromatic heterocycles. The van der Waals surface area contributed by atoms with Crippen LogP contribution in [-0.4, -0.2) is 31.1 Å². The minimum absolute atomic E-state index is 0.135. The van der Waals surface area contributed by atoms with Crippen LogP contribution < -0.4 is 10.1 Å². The van der Waals surface area contributed by atoms with Crippen LogP contribution in [0.2, 0.25) is 0 Å². The molecular formula is C22H27NO4. The molecular weight excluding hydrogens is 342 g/mol. The van der Waals surface area contributed by atoms with Gasteiger partial charge in [-0.05, 0) is 49.6 Å². The van der Waals surface area contributed by atoms with Crippen LogP contribution in [0.25, 0.3) is 0 Å². The highest BCUT2D eigenvalue weighted by Crippen LogP contribution is 2.14. The number of hydrogen-bond donors (Lipinski definition) is 1. The molecule has 2 aromatic rings. The van der Waals surface area contributed by atoms with E-state index in [0.29, 0.717) is 24.5 Å². The maximum Gasteiger partial charge on any atom is 0.347 e. The molecule has 1 amide bonds. The molecule has 27 heavy (non-hydrogen) atoms. The Kier molecular flexibility index (Phi) is 8.36. The van der Waals surface area contributed by atoms with Crippen LogP contribution >= 0.6 is 0 Å². The SMILES string of the molecule is CCCCOC(=O)C(C)Oc1ccc(C(=O)NCCc2ccccc2)cc1. The summed E-state index contributed by atoms with van der Waals surface area (Å²) in [5.41, 5.74) is 1.73. The van der Waals surface area contributed by atoms with E-state index < -0.39 is 6.10 Å². The summed E-state index contributed by atoms with van der Waals surface area (Å²) in [5.74, 6) is 0.00598. The first-order valence-electron chi connectivity index (χ1n) is 9.35. The van der Waals surface area contributed by atoms with Gasteiger partial charge in [0.25, 0.3) is 5.91 Å². The van der Waals surface area contributed by atoms with Crippen LogP contribution in [0.15, 0.2) is 54.6 Å². The van der Waals surface area contributed by atoms with Gasteiger partial charge in [0, 0.05) is 12.1 Å². The molecule has 0 saturated heterocycles. The Bertz CT molecular complexity index is 713. The van der Waals surface area contributed by atoms with E-state index in [1.165, 1.54) is 5.56 Å².